The van der Waals surface area contributed by atoms with Crippen molar-refractivity contribution in [2.45, 2.75) is 58.0 Å². The molecule has 1 atom stereocenters. The maximum absolute atomic E-state index is 14.4. The van der Waals surface area contributed by atoms with Crippen LogP contribution in [-0.4, -0.2) is 33.8 Å². The zero-order valence-electron chi connectivity index (χ0n) is 18.5. The average molecular weight is 459 g/mol. The Labute approximate surface area is 190 Å². The first-order valence-electron chi connectivity index (χ1n) is 10.6. The summed E-state index contributed by atoms with van der Waals surface area (Å²) in [5.74, 6) is 0.0171. The second-order valence-corrected chi connectivity index (χ2v) is 9.55. The Hall–Kier alpha value is -2.94. The molecule has 1 aromatic carbocycles. The standard InChI is InChI=1S/C23H27FN4O3S/c1-14-15(2)32-22-26-17(13-28(14)22)12-25-20(29)6-8-23(9-7-21(30)27-23)11-16-10-18(31-3)4-5-19(16)24/h4-5,10,13H,6-9,11-12H2,1-3H3,(H,25,29)(H,27,30). The Morgan fingerprint density at radius 3 is 2.91 bits per heavy atom. The van der Waals surface area contributed by atoms with Gasteiger partial charge in [-0.25, -0.2) is 9.37 Å². The Morgan fingerprint density at radius 1 is 1.41 bits per heavy atom. The summed E-state index contributed by atoms with van der Waals surface area (Å²) in [5.41, 5.74) is 1.78. The molecule has 3 aromatic rings. The van der Waals surface area contributed by atoms with Gasteiger partial charge >= 0.3 is 0 Å². The van der Waals surface area contributed by atoms with Crippen LogP contribution in [0.1, 0.15) is 47.5 Å². The lowest BCUT2D eigenvalue weighted by molar-refractivity contribution is -0.122. The number of aromatic nitrogens is 2. The number of carbonyl (C=O) groups is 2. The zero-order chi connectivity index (χ0) is 22.9. The van der Waals surface area contributed by atoms with E-state index in [0.29, 0.717) is 43.5 Å². The van der Waals surface area contributed by atoms with Gasteiger partial charge in [0.05, 0.1) is 19.3 Å². The molecule has 9 heteroatoms. The molecule has 7 nitrogen and oxygen atoms in total. The van der Waals surface area contributed by atoms with Crippen molar-refractivity contribution in [3.8, 4) is 5.75 Å². The van der Waals surface area contributed by atoms with E-state index in [1.165, 1.54) is 18.1 Å². The maximum atomic E-state index is 14.4. The van der Waals surface area contributed by atoms with E-state index in [4.69, 9.17) is 4.74 Å². The van der Waals surface area contributed by atoms with E-state index in [1.807, 2.05) is 17.5 Å². The molecule has 1 fully saturated rings. The summed E-state index contributed by atoms with van der Waals surface area (Å²) >= 11 is 1.62. The molecule has 1 saturated heterocycles. The number of nitrogens with zero attached hydrogens (tertiary/aromatic N) is 2. The lowest BCUT2D eigenvalue weighted by Crippen LogP contribution is -2.44. The Bertz CT molecular complexity index is 1170. The van der Waals surface area contributed by atoms with Gasteiger partial charge < -0.3 is 15.4 Å². The highest BCUT2D eigenvalue weighted by Gasteiger charge is 2.38. The molecular formula is C23H27FN4O3S. The zero-order valence-corrected chi connectivity index (χ0v) is 19.3. The van der Waals surface area contributed by atoms with Crippen LogP contribution < -0.4 is 15.4 Å². The highest BCUT2D eigenvalue weighted by molar-refractivity contribution is 7.17. The second kappa shape index (κ2) is 8.90. The van der Waals surface area contributed by atoms with Crippen LogP contribution in [0.5, 0.6) is 5.75 Å². The van der Waals surface area contributed by atoms with Gasteiger partial charge in [-0.15, -0.1) is 11.3 Å². The number of hydrogen-bond acceptors (Lipinski definition) is 5. The van der Waals surface area contributed by atoms with E-state index in [0.717, 1.165) is 16.3 Å². The number of halogens is 1. The summed E-state index contributed by atoms with van der Waals surface area (Å²) < 4.78 is 21.6. The normalized spacial score (nSPS) is 18.2. The molecular weight excluding hydrogens is 431 g/mol. The molecule has 0 saturated carbocycles. The van der Waals surface area contributed by atoms with Gasteiger partial charge in [0.25, 0.3) is 0 Å². The van der Waals surface area contributed by atoms with E-state index in [-0.39, 0.29) is 24.1 Å². The van der Waals surface area contributed by atoms with Crippen LogP contribution >= 0.6 is 11.3 Å². The predicted molar refractivity (Wildman–Crippen MR) is 120 cm³/mol. The van der Waals surface area contributed by atoms with Crippen molar-refractivity contribution in [2.75, 3.05) is 7.11 Å². The van der Waals surface area contributed by atoms with Crippen molar-refractivity contribution >= 4 is 28.1 Å². The quantitative estimate of drug-likeness (QED) is 0.542. The molecule has 2 amide bonds. The van der Waals surface area contributed by atoms with Gasteiger partial charge in [-0.05, 0) is 56.9 Å². The molecule has 1 aliphatic heterocycles. The topological polar surface area (TPSA) is 84.7 Å². The number of ether oxygens (including phenoxy) is 1. The minimum Gasteiger partial charge on any atom is -0.497 e. The molecule has 2 aromatic heterocycles. The lowest BCUT2D eigenvalue weighted by atomic mass is 9.84. The number of aryl methyl sites for hydroxylation is 2. The number of rotatable bonds is 8. The number of thiazole rings is 1. The molecule has 4 rings (SSSR count). The van der Waals surface area contributed by atoms with Gasteiger partial charge in [0, 0.05) is 35.1 Å². The van der Waals surface area contributed by atoms with Gasteiger partial charge in [-0.2, -0.15) is 0 Å². The van der Waals surface area contributed by atoms with Crippen LogP contribution in [0, 0.1) is 19.7 Å². The first-order valence-corrected chi connectivity index (χ1v) is 11.4. The molecule has 1 aliphatic rings. The molecule has 170 valence electrons. The van der Waals surface area contributed by atoms with E-state index in [1.54, 1.807) is 23.5 Å². The van der Waals surface area contributed by atoms with Crippen molar-refractivity contribution < 1.29 is 18.7 Å². The first kappa shape index (κ1) is 22.3. The fourth-order valence-electron chi connectivity index (χ4n) is 4.18. The number of amides is 2. The summed E-state index contributed by atoms with van der Waals surface area (Å²) in [4.78, 5) is 31.2. The fraction of sp³-hybridized carbons (Fsp3) is 0.435. The van der Waals surface area contributed by atoms with Crippen molar-refractivity contribution in [3.63, 3.8) is 0 Å². The molecule has 1 unspecified atom stereocenters. The van der Waals surface area contributed by atoms with Crippen molar-refractivity contribution in [2.24, 2.45) is 0 Å². The minimum absolute atomic E-state index is 0.0718. The van der Waals surface area contributed by atoms with Gasteiger partial charge in [0.15, 0.2) is 4.96 Å². The average Bonchev–Trinajstić information content (AvgIpc) is 3.42. The van der Waals surface area contributed by atoms with E-state index < -0.39 is 5.54 Å². The third-order valence-corrected chi connectivity index (χ3v) is 7.23. The SMILES string of the molecule is COc1ccc(F)c(CC2(CCC(=O)NCc3cn4c(C)c(C)sc4n3)CCC(=O)N2)c1. The highest BCUT2D eigenvalue weighted by Crippen LogP contribution is 2.31. The Morgan fingerprint density at radius 2 is 2.22 bits per heavy atom. The molecule has 0 spiro atoms. The molecule has 32 heavy (non-hydrogen) atoms. The van der Waals surface area contributed by atoms with Crippen molar-refractivity contribution in [1.29, 1.82) is 0 Å². The third kappa shape index (κ3) is 4.62. The molecule has 0 radical (unpaired) electrons. The van der Waals surface area contributed by atoms with Crippen LogP contribution in [0.15, 0.2) is 24.4 Å². The number of hydrogen-bond donors (Lipinski definition) is 2. The minimum atomic E-state index is -0.646. The highest BCUT2D eigenvalue weighted by atomic mass is 32.1. The van der Waals surface area contributed by atoms with Crippen LogP contribution in [0.2, 0.25) is 0 Å². The predicted octanol–water partition coefficient (Wildman–Crippen LogP) is 3.45. The van der Waals surface area contributed by atoms with Gasteiger partial charge in [0.1, 0.15) is 11.6 Å². The molecule has 3 heterocycles. The number of benzene rings is 1. The van der Waals surface area contributed by atoms with Crippen LogP contribution in [-0.2, 0) is 22.6 Å². The lowest BCUT2D eigenvalue weighted by Gasteiger charge is -2.29. The summed E-state index contributed by atoms with van der Waals surface area (Å²) in [6.07, 6.45) is 3.84. The number of methoxy groups -OCH3 is 1. The fourth-order valence-corrected chi connectivity index (χ4v) is 5.15. The summed E-state index contributed by atoms with van der Waals surface area (Å²) in [6, 6.07) is 4.58. The van der Waals surface area contributed by atoms with Gasteiger partial charge in [-0.3, -0.25) is 14.0 Å². The first-order chi connectivity index (χ1) is 15.3. The maximum Gasteiger partial charge on any atom is 0.220 e. The Kier molecular flexibility index (Phi) is 6.19. The summed E-state index contributed by atoms with van der Waals surface area (Å²) in [7, 11) is 1.53. The van der Waals surface area contributed by atoms with E-state index in [9.17, 15) is 14.0 Å². The Balaban J connectivity index is 1.38. The van der Waals surface area contributed by atoms with Crippen molar-refractivity contribution in [3.05, 3.63) is 52.0 Å². The smallest absolute Gasteiger partial charge is 0.220 e. The second-order valence-electron chi connectivity index (χ2n) is 8.37. The molecule has 0 bridgehead atoms. The number of nitrogens with one attached hydrogen (secondary N) is 2. The molecule has 2 N–H and O–H groups in total. The van der Waals surface area contributed by atoms with Gasteiger partial charge in [-0.1, -0.05) is 0 Å². The van der Waals surface area contributed by atoms with E-state index >= 15 is 0 Å². The number of fused-ring (bicyclic) bond motifs is 1. The number of imidazole rings is 1. The van der Waals surface area contributed by atoms with Crippen LogP contribution in [0.25, 0.3) is 4.96 Å². The number of carbonyl (C=O) groups excluding carboxylic acids is 2. The van der Waals surface area contributed by atoms with Crippen LogP contribution in [0.3, 0.4) is 0 Å². The van der Waals surface area contributed by atoms with Gasteiger partial charge in [0.2, 0.25) is 11.8 Å². The van der Waals surface area contributed by atoms with E-state index in [2.05, 4.69) is 22.5 Å². The summed E-state index contributed by atoms with van der Waals surface area (Å²) in [5, 5.41) is 5.91. The van der Waals surface area contributed by atoms with Crippen molar-refractivity contribution in [1.82, 2.24) is 20.0 Å². The van der Waals surface area contributed by atoms with Crippen LogP contribution in [0.4, 0.5) is 4.39 Å². The monoisotopic (exact) mass is 458 g/mol. The summed E-state index contributed by atoms with van der Waals surface area (Å²) in [6.45, 7) is 4.45. The third-order valence-electron chi connectivity index (χ3n) is 6.15. The molecule has 0 aliphatic carbocycles. The largest absolute Gasteiger partial charge is 0.497 e.